The highest BCUT2D eigenvalue weighted by atomic mass is 16.3. The first-order valence-corrected chi connectivity index (χ1v) is 8.28. The number of hydrogen-bond acceptors (Lipinski definition) is 5. The van der Waals surface area contributed by atoms with Gasteiger partial charge in [-0.1, -0.05) is 12.8 Å². The third-order valence-electron chi connectivity index (χ3n) is 4.62. The van der Waals surface area contributed by atoms with Crippen molar-refractivity contribution in [2.45, 2.75) is 32.6 Å². The smallest absolute Gasteiger partial charge is 0.295 e. The molecule has 0 spiro atoms. The van der Waals surface area contributed by atoms with E-state index in [4.69, 9.17) is 0 Å². The molecule has 0 aliphatic heterocycles. The standard InChI is InChI=1S/C18H19N3O4/c1-10(22)19-12-8-6-11(7-9-12)18(25)21-20-15-16(23)13-4-2-3-5-14(13)17(15)24/h6-9,13-14,23H,2-5H2,1H3,(H,19,22). The summed E-state index contributed by atoms with van der Waals surface area (Å²) in [5.41, 5.74) is 0.761. The van der Waals surface area contributed by atoms with E-state index in [1.54, 1.807) is 12.1 Å². The number of ketones is 1. The van der Waals surface area contributed by atoms with Crippen molar-refractivity contribution in [2.24, 2.45) is 22.1 Å². The second-order valence-corrected chi connectivity index (χ2v) is 6.36. The summed E-state index contributed by atoms with van der Waals surface area (Å²) in [5.74, 6) is -1.48. The Morgan fingerprint density at radius 3 is 2.36 bits per heavy atom. The van der Waals surface area contributed by atoms with E-state index in [0.29, 0.717) is 5.69 Å². The van der Waals surface area contributed by atoms with Crippen molar-refractivity contribution >= 4 is 23.3 Å². The number of carbonyl (C=O) groups is 3. The van der Waals surface area contributed by atoms with E-state index in [1.165, 1.54) is 19.1 Å². The van der Waals surface area contributed by atoms with Crippen LogP contribution >= 0.6 is 0 Å². The number of hydrogen-bond donors (Lipinski definition) is 2. The Labute approximate surface area is 144 Å². The fourth-order valence-corrected chi connectivity index (χ4v) is 3.40. The van der Waals surface area contributed by atoms with Gasteiger partial charge in [0.2, 0.25) is 5.91 Å². The molecule has 1 aromatic carbocycles. The van der Waals surface area contributed by atoms with Gasteiger partial charge >= 0.3 is 0 Å². The number of Topliss-reactive ketones (excluding diaryl/α,β-unsaturated/α-hetero) is 1. The maximum absolute atomic E-state index is 12.3. The minimum absolute atomic E-state index is 0.0349. The lowest BCUT2D eigenvalue weighted by atomic mass is 9.80. The van der Waals surface area contributed by atoms with Crippen LogP contribution in [0.3, 0.4) is 0 Å². The fraction of sp³-hybridized carbons (Fsp3) is 0.389. The van der Waals surface area contributed by atoms with Crippen molar-refractivity contribution in [1.29, 1.82) is 0 Å². The fourth-order valence-electron chi connectivity index (χ4n) is 3.40. The molecule has 0 bridgehead atoms. The number of carbonyl (C=O) groups excluding carboxylic acids is 3. The van der Waals surface area contributed by atoms with Crippen LogP contribution in [0.1, 0.15) is 43.0 Å². The number of aliphatic hydroxyl groups is 1. The molecule has 0 aromatic heterocycles. The lowest BCUT2D eigenvalue weighted by molar-refractivity contribution is -0.120. The first kappa shape index (κ1) is 17.0. The largest absolute Gasteiger partial charge is 0.510 e. The lowest BCUT2D eigenvalue weighted by Crippen LogP contribution is -2.21. The maximum atomic E-state index is 12.3. The van der Waals surface area contributed by atoms with Crippen LogP contribution in [-0.4, -0.2) is 22.7 Å². The molecule has 1 aromatic rings. The molecule has 7 nitrogen and oxygen atoms in total. The summed E-state index contributed by atoms with van der Waals surface area (Å²) < 4.78 is 0. The molecule has 2 N–H and O–H groups in total. The molecule has 0 heterocycles. The summed E-state index contributed by atoms with van der Waals surface area (Å²) in [6, 6.07) is 6.18. The first-order valence-electron chi connectivity index (χ1n) is 8.28. The molecule has 0 radical (unpaired) electrons. The van der Waals surface area contributed by atoms with E-state index in [9.17, 15) is 19.5 Å². The average Bonchev–Trinajstić information content (AvgIpc) is 2.84. The minimum Gasteiger partial charge on any atom is -0.510 e. The van der Waals surface area contributed by atoms with Crippen LogP contribution in [0, 0.1) is 11.8 Å². The summed E-state index contributed by atoms with van der Waals surface area (Å²) in [4.78, 5) is 35.4. The summed E-state index contributed by atoms with van der Waals surface area (Å²) in [6.07, 6.45) is 3.44. The third-order valence-corrected chi connectivity index (χ3v) is 4.62. The Hall–Kier alpha value is -2.83. The van der Waals surface area contributed by atoms with Crippen LogP contribution in [0.25, 0.3) is 0 Å². The van der Waals surface area contributed by atoms with E-state index in [1.807, 2.05) is 0 Å². The zero-order valence-corrected chi connectivity index (χ0v) is 13.9. The van der Waals surface area contributed by atoms with Gasteiger partial charge in [0, 0.05) is 30.0 Å². The van der Waals surface area contributed by atoms with Crippen LogP contribution in [-0.2, 0) is 9.59 Å². The average molecular weight is 341 g/mol. The maximum Gasteiger partial charge on any atom is 0.295 e. The molecule has 2 aliphatic carbocycles. The molecular weight excluding hydrogens is 322 g/mol. The van der Waals surface area contributed by atoms with Gasteiger partial charge in [0.05, 0.1) is 0 Å². The summed E-state index contributed by atoms with van der Waals surface area (Å²) >= 11 is 0. The number of allylic oxidation sites excluding steroid dienone is 2. The molecule has 1 fully saturated rings. The predicted molar refractivity (Wildman–Crippen MR) is 90.0 cm³/mol. The summed E-state index contributed by atoms with van der Waals surface area (Å²) in [7, 11) is 0. The molecule has 0 saturated heterocycles. The van der Waals surface area contributed by atoms with Gasteiger partial charge in [-0.2, -0.15) is 0 Å². The summed E-state index contributed by atoms with van der Waals surface area (Å²) in [6.45, 7) is 1.39. The van der Waals surface area contributed by atoms with Crippen molar-refractivity contribution in [3.05, 3.63) is 41.3 Å². The molecule has 2 aliphatic rings. The number of azo groups is 1. The lowest BCUT2D eigenvalue weighted by Gasteiger charge is -2.23. The number of fused-ring (bicyclic) bond motifs is 1. The van der Waals surface area contributed by atoms with Crippen LogP contribution in [0.4, 0.5) is 5.69 Å². The predicted octanol–water partition coefficient (Wildman–Crippen LogP) is 3.40. The number of nitrogens with one attached hydrogen (secondary N) is 1. The third kappa shape index (κ3) is 3.50. The Balaban J connectivity index is 1.73. The normalized spacial score (nSPS) is 23.0. The zero-order valence-electron chi connectivity index (χ0n) is 13.9. The van der Waals surface area contributed by atoms with Crippen LogP contribution < -0.4 is 5.32 Å². The van der Waals surface area contributed by atoms with Crippen molar-refractivity contribution < 1.29 is 19.5 Å². The molecule has 1 saturated carbocycles. The van der Waals surface area contributed by atoms with Crippen molar-refractivity contribution in [1.82, 2.24) is 0 Å². The molecule has 130 valence electrons. The molecule has 2 amide bonds. The topological polar surface area (TPSA) is 108 Å². The number of nitrogens with zero attached hydrogens (tertiary/aromatic N) is 2. The zero-order chi connectivity index (χ0) is 18.0. The van der Waals surface area contributed by atoms with Crippen LogP contribution in [0.5, 0.6) is 0 Å². The second kappa shape index (κ2) is 6.96. The van der Waals surface area contributed by atoms with E-state index < -0.39 is 5.91 Å². The highest BCUT2D eigenvalue weighted by Gasteiger charge is 2.43. The Morgan fingerprint density at radius 2 is 1.76 bits per heavy atom. The Morgan fingerprint density at radius 1 is 1.12 bits per heavy atom. The Bertz CT molecular complexity index is 780. The highest BCUT2D eigenvalue weighted by Crippen LogP contribution is 2.42. The highest BCUT2D eigenvalue weighted by molar-refractivity contribution is 6.01. The summed E-state index contributed by atoms with van der Waals surface area (Å²) in [5, 5.41) is 20.1. The van der Waals surface area contributed by atoms with Gasteiger partial charge in [-0.3, -0.25) is 14.4 Å². The molecule has 25 heavy (non-hydrogen) atoms. The number of aliphatic hydroxyl groups excluding tert-OH is 1. The molecule has 3 rings (SSSR count). The van der Waals surface area contributed by atoms with E-state index in [2.05, 4.69) is 15.5 Å². The quantitative estimate of drug-likeness (QED) is 0.821. The number of anilines is 1. The molecule has 7 heteroatoms. The molecule has 2 unspecified atom stereocenters. The van der Waals surface area contributed by atoms with Crippen molar-refractivity contribution in [2.75, 3.05) is 5.32 Å². The van der Waals surface area contributed by atoms with Gasteiger partial charge < -0.3 is 10.4 Å². The number of amides is 2. The minimum atomic E-state index is -0.614. The van der Waals surface area contributed by atoms with E-state index >= 15 is 0 Å². The van der Waals surface area contributed by atoms with Gasteiger partial charge in [0.15, 0.2) is 11.5 Å². The van der Waals surface area contributed by atoms with Gasteiger partial charge in [0.1, 0.15) is 5.76 Å². The SMILES string of the molecule is CC(=O)Nc1ccc(C(=O)N=NC2=C(O)C3CCCCC3C2=O)cc1. The van der Waals surface area contributed by atoms with Crippen LogP contribution in [0.2, 0.25) is 0 Å². The van der Waals surface area contributed by atoms with E-state index in [0.717, 1.165) is 25.7 Å². The van der Waals surface area contributed by atoms with Gasteiger partial charge in [-0.25, -0.2) is 0 Å². The molecular formula is C18H19N3O4. The van der Waals surface area contributed by atoms with Gasteiger partial charge in [-0.15, -0.1) is 10.2 Å². The monoisotopic (exact) mass is 341 g/mol. The van der Waals surface area contributed by atoms with Gasteiger partial charge in [-0.05, 0) is 37.1 Å². The second-order valence-electron chi connectivity index (χ2n) is 6.36. The van der Waals surface area contributed by atoms with Crippen molar-refractivity contribution in [3.63, 3.8) is 0 Å². The number of benzene rings is 1. The number of rotatable bonds is 3. The van der Waals surface area contributed by atoms with Gasteiger partial charge in [0.25, 0.3) is 5.91 Å². The molecule has 2 atom stereocenters. The van der Waals surface area contributed by atoms with Crippen molar-refractivity contribution in [3.8, 4) is 0 Å². The first-order chi connectivity index (χ1) is 12.0. The Kier molecular flexibility index (Phi) is 4.74. The van der Waals surface area contributed by atoms with Crippen LogP contribution in [0.15, 0.2) is 46.0 Å². The van der Waals surface area contributed by atoms with E-state index in [-0.39, 0.29) is 40.5 Å².